The lowest BCUT2D eigenvalue weighted by atomic mass is 9.85. The van der Waals surface area contributed by atoms with Gasteiger partial charge >= 0.3 is 6.09 Å². The largest absolute Gasteiger partial charge is 0.465 e. The highest BCUT2D eigenvalue weighted by atomic mass is 19.1. The van der Waals surface area contributed by atoms with Gasteiger partial charge in [-0.2, -0.15) is 5.10 Å². The van der Waals surface area contributed by atoms with E-state index in [-0.39, 0.29) is 37.6 Å². The van der Waals surface area contributed by atoms with Crippen LogP contribution in [0.25, 0.3) is 11.4 Å². The number of benzene rings is 2. The van der Waals surface area contributed by atoms with Gasteiger partial charge in [0.05, 0.1) is 24.7 Å². The number of hydrogen-bond donors (Lipinski definition) is 2. The van der Waals surface area contributed by atoms with Crippen LogP contribution in [0.5, 0.6) is 0 Å². The predicted molar refractivity (Wildman–Crippen MR) is 129 cm³/mol. The van der Waals surface area contributed by atoms with Gasteiger partial charge in [-0.25, -0.2) is 32.0 Å². The number of carbonyl (C=O) groups is 1. The molecule has 2 aromatic carbocycles. The van der Waals surface area contributed by atoms with Crippen molar-refractivity contribution in [1.82, 2.24) is 25.0 Å². The molecule has 198 valence electrons. The summed E-state index contributed by atoms with van der Waals surface area (Å²) in [6.07, 6.45) is -2.50. The number of alkyl halides is 1. The summed E-state index contributed by atoms with van der Waals surface area (Å²) in [4.78, 5) is 16.9. The summed E-state index contributed by atoms with van der Waals surface area (Å²) in [6.45, 7) is 5.91. The second-order valence-electron chi connectivity index (χ2n) is 10.4. The first-order chi connectivity index (χ1) is 17.4. The molecule has 11 heteroatoms. The Morgan fingerprint density at radius 3 is 2.51 bits per heavy atom. The van der Waals surface area contributed by atoms with Crippen molar-refractivity contribution < 1.29 is 27.5 Å². The summed E-state index contributed by atoms with van der Waals surface area (Å²) < 4.78 is 58.5. The van der Waals surface area contributed by atoms with Crippen molar-refractivity contribution >= 4 is 6.09 Å². The van der Waals surface area contributed by atoms with Crippen LogP contribution in [0.2, 0.25) is 0 Å². The molecular formula is C26H29F4N5O2. The first-order valence-electron chi connectivity index (χ1n) is 11.9. The number of likely N-dealkylation sites (tertiary alicyclic amines) is 1. The Morgan fingerprint density at radius 1 is 1.14 bits per heavy atom. The summed E-state index contributed by atoms with van der Waals surface area (Å²) in [5.41, 5.74) is -0.0353. The molecule has 1 aliphatic heterocycles. The van der Waals surface area contributed by atoms with Crippen LogP contribution in [0.4, 0.5) is 22.4 Å². The number of halogens is 4. The highest BCUT2D eigenvalue weighted by Gasteiger charge is 2.38. The fourth-order valence-corrected chi connectivity index (χ4v) is 4.51. The molecule has 2 N–H and O–H groups in total. The number of aromatic nitrogens is 3. The van der Waals surface area contributed by atoms with Crippen LogP contribution in [0.15, 0.2) is 42.5 Å². The first kappa shape index (κ1) is 26.6. The van der Waals surface area contributed by atoms with Gasteiger partial charge in [0.1, 0.15) is 29.4 Å². The monoisotopic (exact) mass is 519 g/mol. The van der Waals surface area contributed by atoms with Crippen LogP contribution in [0, 0.1) is 28.8 Å². The first-order valence-corrected chi connectivity index (χ1v) is 11.9. The molecule has 1 amide bonds. The Labute approximate surface area is 212 Å². The van der Waals surface area contributed by atoms with E-state index in [1.54, 1.807) is 12.1 Å². The van der Waals surface area contributed by atoms with E-state index < -0.39 is 47.1 Å². The lowest BCUT2D eigenvalue weighted by molar-refractivity contribution is 0.152. The Hall–Kier alpha value is -3.47. The van der Waals surface area contributed by atoms with Crippen molar-refractivity contribution in [2.45, 2.75) is 39.5 Å². The molecule has 2 heterocycles. The fourth-order valence-electron chi connectivity index (χ4n) is 4.51. The molecule has 0 radical (unpaired) electrons. The molecule has 1 aromatic heterocycles. The van der Waals surface area contributed by atoms with Crippen LogP contribution in [-0.4, -0.2) is 56.7 Å². The molecule has 37 heavy (non-hydrogen) atoms. The van der Waals surface area contributed by atoms with Gasteiger partial charge in [0.2, 0.25) is 0 Å². The average molecular weight is 520 g/mol. The van der Waals surface area contributed by atoms with Gasteiger partial charge in [-0.15, -0.1) is 0 Å². The molecule has 1 aliphatic rings. The van der Waals surface area contributed by atoms with Gasteiger partial charge < -0.3 is 15.3 Å². The number of rotatable bonds is 7. The van der Waals surface area contributed by atoms with E-state index >= 15 is 0 Å². The van der Waals surface area contributed by atoms with E-state index in [0.717, 1.165) is 23.1 Å². The van der Waals surface area contributed by atoms with Gasteiger partial charge in [0.15, 0.2) is 5.82 Å². The third-order valence-electron chi connectivity index (χ3n) is 6.43. The minimum atomic E-state index is -1.33. The highest BCUT2D eigenvalue weighted by molar-refractivity contribution is 5.65. The second-order valence-corrected chi connectivity index (χ2v) is 10.4. The zero-order valence-corrected chi connectivity index (χ0v) is 20.8. The van der Waals surface area contributed by atoms with Crippen molar-refractivity contribution in [2.75, 3.05) is 19.6 Å². The van der Waals surface area contributed by atoms with E-state index in [1.807, 2.05) is 20.8 Å². The predicted octanol–water partition coefficient (Wildman–Crippen LogP) is 5.04. The van der Waals surface area contributed by atoms with Crippen molar-refractivity contribution in [3.05, 3.63) is 71.3 Å². The SMILES string of the molecule is CC(C)(C)[C@@H](NCC1CN(C(=O)O)CC1F)c1nc(-c2cc(F)ccc2F)nn1Cc1cccc(F)c1. The minimum Gasteiger partial charge on any atom is -0.465 e. The van der Waals surface area contributed by atoms with E-state index in [2.05, 4.69) is 15.4 Å². The summed E-state index contributed by atoms with van der Waals surface area (Å²) in [7, 11) is 0. The molecule has 1 fully saturated rings. The van der Waals surface area contributed by atoms with Crippen LogP contribution in [0.1, 0.15) is 38.2 Å². The molecule has 1 saturated heterocycles. The highest BCUT2D eigenvalue weighted by Crippen LogP contribution is 2.34. The lowest BCUT2D eigenvalue weighted by Gasteiger charge is -2.32. The third-order valence-corrected chi connectivity index (χ3v) is 6.43. The minimum absolute atomic E-state index is 0.0410. The Balaban J connectivity index is 1.71. The molecular weight excluding hydrogens is 490 g/mol. The molecule has 7 nitrogen and oxygen atoms in total. The quantitative estimate of drug-likeness (QED) is 0.428. The van der Waals surface area contributed by atoms with E-state index in [1.165, 1.54) is 16.8 Å². The number of amides is 1. The van der Waals surface area contributed by atoms with Crippen molar-refractivity contribution in [1.29, 1.82) is 0 Å². The van der Waals surface area contributed by atoms with E-state index in [4.69, 9.17) is 0 Å². The van der Waals surface area contributed by atoms with Gasteiger partial charge in [0, 0.05) is 19.0 Å². The second kappa shape index (κ2) is 10.5. The molecule has 4 rings (SSSR count). The maximum Gasteiger partial charge on any atom is 0.407 e. The van der Waals surface area contributed by atoms with E-state index in [0.29, 0.717) is 11.4 Å². The normalized spacial score (nSPS) is 18.8. The van der Waals surface area contributed by atoms with E-state index in [9.17, 15) is 27.5 Å². The molecule has 0 bridgehead atoms. The van der Waals surface area contributed by atoms with Gasteiger partial charge in [0.25, 0.3) is 0 Å². The summed E-state index contributed by atoms with van der Waals surface area (Å²) in [5, 5.41) is 17.0. The van der Waals surface area contributed by atoms with Gasteiger partial charge in [-0.05, 0) is 41.3 Å². The van der Waals surface area contributed by atoms with Crippen LogP contribution < -0.4 is 5.32 Å². The molecule has 0 spiro atoms. The number of carboxylic acid groups (broad SMARTS) is 1. The Morgan fingerprint density at radius 2 is 1.86 bits per heavy atom. The summed E-state index contributed by atoms with van der Waals surface area (Å²) in [5.74, 6) is -2.01. The number of nitrogens with one attached hydrogen (secondary N) is 1. The molecule has 0 saturated carbocycles. The third kappa shape index (κ3) is 6.10. The van der Waals surface area contributed by atoms with Crippen LogP contribution in [-0.2, 0) is 6.54 Å². The fraction of sp³-hybridized carbons (Fsp3) is 0.423. The van der Waals surface area contributed by atoms with Crippen LogP contribution >= 0.6 is 0 Å². The van der Waals surface area contributed by atoms with Crippen LogP contribution in [0.3, 0.4) is 0 Å². The topological polar surface area (TPSA) is 83.3 Å². The summed E-state index contributed by atoms with van der Waals surface area (Å²) >= 11 is 0. The molecule has 3 aromatic rings. The molecule has 2 unspecified atom stereocenters. The molecule has 3 atom stereocenters. The van der Waals surface area contributed by atoms with Gasteiger partial charge in [-0.3, -0.25) is 0 Å². The lowest BCUT2D eigenvalue weighted by Crippen LogP contribution is -2.39. The maximum absolute atomic E-state index is 14.6. The number of hydrogen-bond acceptors (Lipinski definition) is 4. The Bertz CT molecular complexity index is 1280. The zero-order chi connectivity index (χ0) is 26.9. The van der Waals surface area contributed by atoms with Gasteiger partial charge in [-0.1, -0.05) is 32.9 Å². The standard InChI is InChI=1S/C26H29F4N5O2/c1-26(2,3)22(31-11-16-13-34(25(36)37)14-21(16)30)24-32-23(19-10-18(28)7-8-20(19)29)33-35(24)12-15-5-4-6-17(27)9-15/h4-10,16,21-22,31H,11-14H2,1-3H3,(H,36,37)/t16?,21?,22-/m0/s1. The maximum atomic E-state index is 14.6. The smallest absolute Gasteiger partial charge is 0.407 e. The molecule has 0 aliphatic carbocycles. The van der Waals surface area contributed by atoms with Crippen molar-refractivity contribution in [3.63, 3.8) is 0 Å². The van der Waals surface area contributed by atoms with Crippen molar-refractivity contribution in [2.24, 2.45) is 11.3 Å². The Kier molecular flexibility index (Phi) is 7.54. The average Bonchev–Trinajstić information content (AvgIpc) is 3.38. The van der Waals surface area contributed by atoms with Crippen molar-refractivity contribution in [3.8, 4) is 11.4 Å². The summed E-state index contributed by atoms with van der Waals surface area (Å²) in [6, 6.07) is 8.39. The zero-order valence-electron chi connectivity index (χ0n) is 20.8. The number of nitrogens with zero attached hydrogens (tertiary/aromatic N) is 4.